The van der Waals surface area contributed by atoms with Crippen LogP contribution in [0.15, 0.2) is 64.5 Å². The van der Waals surface area contributed by atoms with Gasteiger partial charge in [0.15, 0.2) is 5.16 Å². The summed E-state index contributed by atoms with van der Waals surface area (Å²) in [6.45, 7) is 3.81. The molecule has 0 radical (unpaired) electrons. The lowest BCUT2D eigenvalue weighted by atomic mass is 10.2. The van der Waals surface area contributed by atoms with Crippen LogP contribution in [-0.4, -0.2) is 25.8 Å². The minimum absolute atomic E-state index is 0.0630. The van der Waals surface area contributed by atoms with Crippen LogP contribution in [0.4, 0.5) is 5.82 Å². The largest absolute Gasteiger partial charge is 0.310 e. The van der Waals surface area contributed by atoms with E-state index < -0.39 is 0 Å². The van der Waals surface area contributed by atoms with E-state index in [1.807, 2.05) is 66.9 Å². The van der Waals surface area contributed by atoms with E-state index in [-0.39, 0.29) is 23.3 Å². The number of rotatable bonds is 6. The number of carbonyl (C=O) groups is 1. The van der Waals surface area contributed by atoms with E-state index in [0.29, 0.717) is 27.4 Å². The molecular weight excluding hydrogens is 446 g/mol. The van der Waals surface area contributed by atoms with Crippen LogP contribution in [0.5, 0.6) is 0 Å². The number of hydrogen-bond acceptors (Lipinski definition) is 5. The van der Waals surface area contributed by atoms with E-state index in [9.17, 15) is 14.9 Å². The summed E-state index contributed by atoms with van der Waals surface area (Å²) in [4.78, 5) is 30.8. The Kier molecular flexibility index (Phi) is 5.72. The zero-order chi connectivity index (χ0) is 23.8. The van der Waals surface area contributed by atoms with Crippen molar-refractivity contribution < 1.29 is 4.79 Å². The van der Waals surface area contributed by atoms with Crippen molar-refractivity contribution in [2.45, 2.75) is 37.9 Å². The average Bonchev–Trinajstić information content (AvgIpc) is 3.65. The van der Waals surface area contributed by atoms with Crippen LogP contribution in [0.1, 0.15) is 35.7 Å². The molecule has 2 heterocycles. The predicted molar refractivity (Wildman–Crippen MR) is 134 cm³/mol. The summed E-state index contributed by atoms with van der Waals surface area (Å²) in [5, 5.41) is 13.9. The number of amides is 1. The number of benzene rings is 2. The number of thioether (sulfide) groups is 1. The number of anilines is 1. The lowest BCUT2D eigenvalue weighted by Crippen LogP contribution is -2.23. The van der Waals surface area contributed by atoms with E-state index in [1.54, 1.807) is 10.6 Å². The van der Waals surface area contributed by atoms with Gasteiger partial charge < -0.3 is 5.32 Å². The van der Waals surface area contributed by atoms with Gasteiger partial charge in [-0.3, -0.25) is 18.7 Å². The standard InChI is InChI=1S/C26H23N5O2S/c1-16-17(2)30(18-8-4-3-5-9-18)24(21(16)14-27)29-23(32)15-34-26-28-22-11-7-6-10-20(22)25(33)31(26)19-12-13-19/h3-11,19H,12-13,15H2,1-2H3,(H,29,32). The summed E-state index contributed by atoms with van der Waals surface area (Å²) in [5.41, 5.74) is 3.59. The zero-order valence-electron chi connectivity index (χ0n) is 18.9. The lowest BCUT2D eigenvalue weighted by molar-refractivity contribution is -0.113. The van der Waals surface area contributed by atoms with Gasteiger partial charge in [-0.1, -0.05) is 42.1 Å². The van der Waals surface area contributed by atoms with Gasteiger partial charge in [-0.2, -0.15) is 5.26 Å². The summed E-state index contributed by atoms with van der Waals surface area (Å²) >= 11 is 1.25. The fraction of sp³-hybridized carbons (Fsp3) is 0.231. The molecular formula is C26H23N5O2S. The third-order valence-electron chi connectivity index (χ3n) is 6.12. The highest BCUT2D eigenvalue weighted by molar-refractivity contribution is 7.99. The summed E-state index contributed by atoms with van der Waals surface area (Å²) in [6.07, 6.45) is 1.88. The summed E-state index contributed by atoms with van der Waals surface area (Å²) in [6, 6.07) is 19.3. The van der Waals surface area contributed by atoms with Crippen LogP contribution in [-0.2, 0) is 4.79 Å². The van der Waals surface area contributed by atoms with E-state index in [4.69, 9.17) is 0 Å². The second kappa shape index (κ2) is 8.84. The van der Waals surface area contributed by atoms with Crippen LogP contribution in [0.3, 0.4) is 0 Å². The first-order valence-electron chi connectivity index (χ1n) is 11.1. The minimum atomic E-state index is -0.263. The van der Waals surface area contributed by atoms with Gasteiger partial charge in [-0.25, -0.2) is 4.98 Å². The fourth-order valence-electron chi connectivity index (χ4n) is 4.14. The number of nitrogens with zero attached hydrogens (tertiary/aromatic N) is 4. The highest BCUT2D eigenvalue weighted by Crippen LogP contribution is 2.37. The molecule has 4 aromatic rings. The lowest BCUT2D eigenvalue weighted by Gasteiger charge is -2.14. The van der Waals surface area contributed by atoms with Crippen LogP contribution in [0, 0.1) is 25.2 Å². The monoisotopic (exact) mass is 469 g/mol. The molecule has 7 nitrogen and oxygen atoms in total. The maximum absolute atomic E-state index is 13.1. The van der Waals surface area contributed by atoms with E-state index in [1.165, 1.54) is 11.8 Å². The molecule has 0 aliphatic heterocycles. The van der Waals surface area contributed by atoms with Crippen molar-refractivity contribution in [1.82, 2.24) is 14.1 Å². The van der Waals surface area contributed by atoms with Gasteiger partial charge >= 0.3 is 0 Å². The molecule has 0 spiro atoms. The quantitative estimate of drug-likeness (QED) is 0.325. The molecule has 2 aromatic heterocycles. The van der Waals surface area contributed by atoms with Gasteiger partial charge in [-0.15, -0.1) is 0 Å². The predicted octanol–water partition coefficient (Wildman–Crippen LogP) is 4.74. The van der Waals surface area contributed by atoms with Gasteiger partial charge in [0.1, 0.15) is 11.9 Å². The third kappa shape index (κ3) is 3.88. The van der Waals surface area contributed by atoms with Gasteiger partial charge in [0.25, 0.3) is 5.56 Å². The first-order valence-corrected chi connectivity index (χ1v) is 12.1. The van der Waals surface area contributed by atoms with E-state index in [0.717, 1.165) is 29.8 Å². The molecule has 0 unspecified atom stereocenters. The van der Waals surface area contributed by atoms with Crippen LogP contribution in [0.25, 0.3) is 16.6 Å². The Morgan fingerprint density at radius 1 is 1.15 bits per heavy atom. The van der Waals surface area contributed by atoms with E-state index >= 15 is 0 Å². The molecule has 1 aliphatic rings. The average molecular weight is 470 g/mol. The number of aromatic nitrogens is 3. The highest BCUT2D eigenvalue weighted by atomic mass is 32.2. The second-order valence-electron chi connectivity index (χ2n) is 8.37. The number of nitriles is 1. The van der Waals surface area contributed by atoms with E-state index in [2.05, 4.69) is 16.4 Å². The van der Waals surface area contributed by atoms with Gasteiger partial charge in [-0.05, 0) is 56.5 Å². The summed E-state index contributed by atoms with van der Waals surface area (Å²) in [5.74, 6) is 0.266. The van der Waals surface area contributed by atoms with Crippen molar-refractivity contribution in [3.05, 3.63) is 81.8 Å². The third-order valence-corrected chi connectivity index (χ3v) is 7.07. The Morgan fingerprint density at radius 3 is 2.56 bits per heavy atom. The zero-order valence-corrected chi connectivity index (χ0v) is 19.7. The molecule has 0 bridgehead atoms. The van der Waals surface area contributed by atoms with Gasteiger partial charge in [0.2, 0.25) is 5.91 Å². The summed E-state index contributed by atoms with van der Waals surface area (Å²) < 4.78 is 3.62. The first-order chi connectivity index (χ1) is 16.5. The van der Waals surface area contributed by atoms with Crippen molar-refractivity contribution in [1.29, 1.82) is 5.26 Å². The second-order valence-corrected chi connectivity index (χ2v) is 9.31. The van der Waals surface area contributed by atoms with Crippen LogP contribution >= 0.6 is 11.8 Å². The fourth-order valence-corrected chi connectivity index (χ4v) is 5.01. The maximum atomic E-state index is 13.1. The minimum Gasteiger partial charge on any atom is -0.310 e. The Bertz CT molecular complexity index is 1510. The molecule has 8 heteroatoms. The molecule has 1 N–H and O–H groups in total. The van der Waals surface area contributed by atoms with Crippen molar-refractivity contribution >= 4 is 34.4 Å². The number of carbonyl (C=O) groups excluding carboxylic acids is 1. The van der Waals surface area contributed by atoms with Crippen molar-refractivity contribution in [2.24, 2.45) is 0 Å². The normalized spacial score (nSPS) is 13.1. The van der Waals surface area contributed by atoms with Crippen molar-refractivity contribution in [3.63, 3.8) is 0 Å². The molecule has 5 rings (SSSR count). The molecule has 170 valence electrons. The Balaban J connectivity index is 1.44. The highest BCUT2D eigenvalue weighted by Gasteiger charge is 2.29. The van der Waals surface area contributed by atoms with Crippen molar-refractivity contribution in [3.8, 4) is 11.8 Å². The number of nitrogens with one attached hydrogen (secondary N) is 1. The van der Waals surface area contributed by atoms with Gasteiger partial charge in [0, 0.05) is 17.4 Å². The Labute approximate surface area is 201 Å². The molecule has 0 atom stereocenters. The topological polar surface area (TPSA) is 92.7 Å². The maximum Gasteiger partial charge on any atom is 0.262 e. The first kappa shape index (κ1) is 22.0. The number of fused-ring (bicyclic) bond motifs is 1. The number of hydrogen-bond donors (Lipinski definition) is 1. The van der Waals surface area contributed by atoms with Crippen LogP contribution in [0.2, 0.25) is 0 Å². The molecule has 1 aliphatic carbocycles. The SMILES string of the molecule is Cc1c(C#N)c(NC(=O)CSc2nc3ccccc3c(=O)n2C2CC2)n(-c2ccccc2)c1C. The molecule has 2 aromatic carbocycles. The van der Waals surface area contributed by atoms with Gasteiger partial charge in [0.05, 0.1) is 22.2 Å². The van der Waals surface area contributed by atoms with Crippen molar-refractivity contribution in [2.75, 3.05) is 11.1 Å². The summed E-state index contributed by atoms with van der Waals surface area (Å²) in [7, 11) is 0. The molecule has 0 saturated heterocycles. The number of para-hydroxylation sites is 2. The Morgan fingerprint density at radius 2 is 1.85 bits per heavy atom. The van der Waals surface area contributed by atoms with Crippen LogP contribution < -0.4 is 10.9 Å². The molecule has 1 amide bonds. The molecule has 34 heavy (non-hydrogen) atoms. The molecule has 1 fully saturated rings. The smallest absolute Gasteiger partial charge is 0.262 e. The molecule has 1 saturated carbocycles. The Hall–Kier alpha value is -3.83.